The molecule has 2 rings (SSSR count). The van der Waals surface area contributed by atoms with Crippen molar-refractivity contribution >= 4 is 0 Å². The van der Waals surface area contributed by atoms with Gasteiger partial charge in [-0.25, -0.2) is 0 Å². The summed E-state index contributed by atoms with van der Waals surface area (Å²) < 4.78 is 0. The maximum Gasteiger partial charge on any atom is 0.00419 e. The molecular weight excluding hydrogens is 172 g/mol. The Labute approximate surface area is 87.8 Å². The summed E-state index contributed by atoms with van der Waals surface area (Å²) in [5.41, 5.74) is 6.01. The van der Waals surface area contributed by atoms with Gasteiger partial charge in [-0.15, -0.1) is 0 Å². The van der Waals surface area contributed by atoms with Crippen molar-refractivity contribution in [3.05, 3.63) is 0 Å². The largest absolute Gasteiger partial charge is 0.328 e. The van der Waals surface area contributed by atoms with Crippen LogP contribution in [0.5, 0.6) is 0 Å². The zero-order chi connectivity index (χ0) is 9.80. The van der Waals surface area contributed by atoms with Crippen molar-refractivity contribution in [1.29, 1.82) is 0 Å². The smallest absolute Gasteiger partial charge is 0.00419 e. The summed E-state index contributed by atoms with van der Waals surface area (Å²) in [6, 6.07) is 0.499. The third-order valence-electron chi connectivity index (χ3n) is 3.79. The monoisotopic (exact) mass is 196 g/mol. The summed E-state index contributed by atoms with van der Waals surface area (Å²) in [5, 5.41) is 0. The Bertz CT molecular complexity index is 164. The van der Waals surface area contributed by atoms with Crippen LogP contribution in [-0.2, 0) is 0 Å². The van der Waals surface area contributed by atoms with Crippen LogP contribution in [-0.4, -0.2) is 30.6 Å². The molecule has 0 aromatic heterocycles. The predicted molar refractivity (Wildman–Crippen MR) is 60.2 cm³/mol. The first-order valence-corrected chi connectivity index (χ1v) is 6.32. The summed E-state index contributed by atoms with van der Waals surface area (Å²) in [6.45, 7) is 4.01. The standard InChI is InChI=1S/C12H24N2/c13-12-6-4-5-11(9-12)10-14-7-2-1-3-8-14/h11-12H,1-10,13H2. The molecule has 2 aliphatic rings. The molecule has 82 valence electrons. The fraction of sp³-hybridized carbons (Fsp3) is 1.00. The van der Waals surface area contributed by atoms with E-state index in [1.165, 1.54) is 64.6 Å². The lowest BCUT2D eigenvalue weighted by Gasteiger charge is -2.33. The van der Waals surface area contributed by atoms with E-state index in [4.69, 9.17) is 5.73 Å². The summed E-state index contributed by atoms with van der Waals surface area (Å²) >= 11 is 0. The van der Waals surface area contributed by atoms with Crippen LogP contribution in [0.2, 0.25) is 0 Å². The van der Waals surface area contributed by atoms with E-state index in [0.29, 0.717) is 6.04 Å². The van der Waals surface area contributed by atoms with Crippen molar-refractivity contribution < 1.29 is 0 Å². The normalized spacial score (nSPS) is 35.8. The minimum atomic E-state index is 0.499. The van der Waals surface area contributed by atoms with Gasteiger partial charge in [0.1, 0.15) is 0 Å². The molecule has 2 unspecified atom stereocenters. The Kier molecular flexibility index (Phi) is 3.82. The first-order valence-electron chi connectivity index (χ1n) is 6.32. The Hall–Kier alpha value is -0.0800. The van der Waals surface area contributed by atoms with Crippen LogP contribution >= 0.6 is 0 Å². The molecule has 14 heavy (non-hydrogen) atoms. The molecule has 0 aromatic carbocycles. The van der Waals surface area contributed by atoms with E-state index in [-0.39, 0.29) is 0 Å². The van der Waals surface area contributed by atoms with Crippen LogP contribution in [0.4, 0.5) is 0 Å². The van der Waals surface area contributed by atoms with Gasteiger partial charge in [0.15, 0.2) is 0 Å². The molecule has 0 radical (unpaired) electrons. The van der Waals surface area contributed by atoms with E-state index in [0.717, 1.165) is 5.92 Å². The van der Waals surface area contributed by atoms with Crippen molar-refractivity contribution in [2.45, 2.75) is 51.0 Å². The molecule has 1 heterocycles. The molecule has 2 atom stereocenters. The molecule has 0 spiro atoms. The summed E-state index contributed by atoms with van der Waals surface area (Å²) in [6.07, 6.45) is 9.59. The maximum atomic E-state index is 6.01. The van der Waals surface area contributed by atoms with E-state index in [9.17, 15) is 0 Å². The number of hydrogen-bond acceptors (Lipinski definition) is 2. The van der Waals surface area contributed by atoms with Crippen LogP contribution in [0.3, 0.4) is 0 Å². The van der Waals surface area contributed by atoms with Crippen molar-refractivity contribution in [1.82, 2.24) is 4.90 Å². The molecule has 0 amide bonds. The molecule has 1 saturated carbocycles. The molecule has 0 aromatic rings. The molecule has 1 aliphatic carbocycles. The van der Waals surface area contributed by atoms with E-state index >= 15 is 0 Å². The van der Waals surface area contributed by atoms with Gasteiger partial charge in [-0.3, -0.25) is 0 Å². The van der Waals surface area contributed by atoms with E-state index in [1.54, 1.807) is 0 Å². The van der Waals surface area contributed by atoms with Gasteiger partial charge in [-0.2, -0.15) is 0 Å². The number of hydrogen-bond donors (Lipinski definition) is 1. The molecule has 1 aliphatic heterocycles. The zero-order valence-electron chi connectivity index (χ0n) is 9.25. The first-order chi connectivity index (χ1) is 6.84. The third-order valence-corrected chi connectivity index (χ3v) is 3.79. The number of nitrogens with two attached hydrogens (primary N) is 1. The van der Waals surface area contributed by atoms with E-state index < -0.39 is 0 Å². The lowest BCUT2D eigenvalue weighted by Crippen LogP contribution is -2.38. The molecular formula is C12H24N2. The third kappa shape index (κ3) is 2.96. The van der Waals surface area contributed by atoms with Gasteiger partial charge in [0.05, 0.1) is 0 Å². The average molecular weight is 196 g/mol. The first kappa shape index (κ1) is 10.4. The van der Waals surface area contributed by atoms with Crippen LogP contribution in [0, 0.1) is 5.92 Å². The van der Waals surface area contributed by atoms with Gasteiger partial charge >= 0.3 is 0 Å². The SMILES string of the molecule is NC1CCCC(CN2CCCCC2)C1. The lowest BCUT2D eigenvalue weighted by molar-refractivity contribution is 0.168. The Morgan fingerprint density at radius 3 is 2.50 bits per heavy atom. The van der Waals surface area contributed by atoms with Gasteiger partial charge in [0, 0.05) is 12.6 Å². The topological polar surface area (TPSA) is 29.3 Å². The van der Waals surface area contributed by atoms with Gasteiger partial charge in [-0.1, -0.05) is 12.8 Å². The molecule has 2 heteroatoms. The number of nitrogens with zero attached hydrogens (tertiary/aromatic N) is 1. The Morgan fingerprint density at radius 1 is 1.00 bits per heavy atom. The minimum absolute atomic E-state index is 0.499. The molecule has 2 fully saturated rings. The van der Waals surface area contributed by atoms with Crippen LogP contribution in [0.15, 0.2) is 0 Å². The molecule has 0 bridgehead atoms. The highest BCUT2D eigenvalue weighted by Gasteiger charge is 2.22. The lowest BCUT2D eigenvalue weighted by atomic mass is 9.85. The molecule has 1 saturated heterocycles. The highest BCUT2D eigenvalue weighted by atomic mass is 15.1. The van der Waals surface area contributed by atoms with Crippen LogP contribution in [0.1, 0.15) is 44.9 Å². The van der Waals surface area contributed by atoms with Gasteiger partial charge in [-0.05, 0) is 51.1 Å². The van der Waals surface area contributed by atoms with E-state index in [1.807, 2.05) is 0 Å². The molecule has 2 nitrogen and oxygen atoms in total. The molecule has 2 N–H and O–H groups in total. The quantitative estimate of drug-likeness (QED) is 0.732. The maximum absolute atomic E-state index is 6.01. The van der Waals surface area contributed by atoms with Crippen molar-refractivity contribution in [2.75, 3.05) is 19.6 Å². The Morgan fingerprint density at radius 2 is 1.79 bits per heavy atom. The highest BCUT2D eigenvalue weighted by Crippen LogP contribution is 2.24. The fourth-order valence-electron chi connectivity index (χ4n) is 3.01. The van der Waals surface area contributed by atoms with Gasteiger partial charge < -0.3 is 10.6 Å². The van der Waals surface area contributed by atoms with Gasteiger partial charge in [0.2, 0.25) is 0 Å². The van der Waals surface area contributed by atoms with E-state index in [2.05, 4.69) is 4.90 Å². The highest BCUT2D eigenvalue weighted by molar-refractivity contribution is 4.78. The van der Waals surface area contributed by atoms with Crippen LogP contribution in [0.25, 0.3) is 0 Å². The van der Waals surface area contributed by atoms with Crippen molar-refractivity contribution in [2.24, 2.45) is 11.7 Å². The summed E-state index contributed by atoms with van der Waals surface area (Å²) in [5.74, 6) is 0.900. The Balaban J connectivity index is 1.72. The number of piperidine rings is 1. The summed E-state index contributed by atoms with van der Waals surface area (Å²) in [7, 11) is 0. The van der Waals surface area contributed by atoms with Crippen LogP contribution < -0.4 is 5.73 Å². The van der Waals surface area contributed by atoms with Crippen molar-refractivity contribution in [3.63, 3.8) is 0 Å². The second kappa shape index (κ2) is 5.13. The second-order valence-electron chi connectivity index (χ2n) is 5.15. The second-order valence-corrected chi connectivity index (χ2v) is 5.15. The number of likely N-dealkylation sites (tertiary alicyclic amines) is 1. The van der Waals surface area contributed by atoms with Crippen molar-refractivity contribution in [3.8, 4) is 0 Å². The fourth-order valence-corrected chi connectivity index (χ4v) is 3.01. The number of rotatable bonds is 2. The minimum Gasteiger partial charge on any atom is -0.328 e. The average Bonchev–Trinajstić information content (AvgIpc) is 2.19. The predicted octanol–water partition coefficient (Wildman–Crippen LogP) is 1.99. The zero-order valence-corrected chi connectivity index (χ0v) is 9.25. The van der Waals surface area contributed by atoms with Gasteiger partial charge in [0.25, 0.3) is 0 Å². The summed E-state index contributed by atoms with van der Waals surface area (Å²) in [4.78, 5) is 2.66.